The van der Waals surface area contributed by atoms with Gasteiger partial charge in [-0.15, -0.1) is 0 Å². The maximum absolute atomic E-state index is 11.7. The van der Waals surface area contributed by atoms with Crippen LogP contribution in [-0.4, -0.2) is 84.1 Å². The van der Waals surface area contributed by atoms with E-state index in [0.29, 0.717) is 17.5 Å². The van der Waals surface area contributed by atoms with Gasteiger partial charge in [-0.1, -0.05) is 32.6 Å². The fourth-order valence-corrected chi connectivity index (χ4v) is 5.39. The van der Waals surface area contributed by atoms with Crippen molar-refractivity contribution in [2.45, 2.75) is 76.9 Å². The van der Waals surface area contributed by atoms with Crippen LogP contribution in [0.15, 0.2) is 0 Å². The van der Waals surface area contributed by atoms with Crippen LogP contribution in [-0.2, 0) is 4.79 Å². The minimum atomic E-state index is -0.429. The summed E-state index contributed by atoms with van der Waals surface area (Å²) in [5, 5.41) is 6.44. The molecule has 1 saturated heterocycles. The number of fused-ring (bicyclic) bond motifs is 1. The first-order chi connectivity index (χ1) is 16.2. The number of hydrogen-bond acceptors (Lipinski definition) is 9. The number of nitrogens with two attached hydrogens (primary N) is 1. The summed E-state index contributed by atoms with van der Waals surface area (Å²) in [6, 6.07) is 0.833. The molecular weight excluding hydrogens is 416 g/mol. The molecule has 1 atom stereocenters. The second-order valence-corrected chi connectivity index (χ2v) is 9.71. The Bertz CT molecular complexity index is 761. The van der Waals surface area contributed by atoms with Crippen LogP contribution in [0.4, 0.5) is 23.3 Å². The number of anilines is 4. The summed E-state index contributed by atoms with van der Waals surface area (Å²) in [5.74, 6) is 1.66. The predicted octanol–water partition coefficient (Wildman–Crippen LogP) is 2.76. The van der Waals surface area contributed by atoms with E-state index in [4.69, 9.17) is 5.73 Å². The fraction of sp³-hybridized carbons (Fsp3) is 0.792. The Morgan fingerprint density at radius 2 is 1.82 bits per heavy atom. The van der Waals surface area contributed by atoms with Crippen molar-refractivity contribution >= 4 is 29.6 Å². The molecule has 1 aromatic heterocycles. The molecule has 3 heterocycles. The number of piperazine rings is 1. The van der Waals surface area contributed by atoms with Gasteiger partial charge < -0.3 is 26.2 Å². The number of nitrogen functional groups attached to an aromatic ring is 1. The summed E-state index contributed by atoms with van der Waals surface area (Å²) >= 11 is 0. The van der Waals surface area contributed by atoms with Crippen molar-refractivity contribution in [3.8, 4) is 0 Å². The molecule has 0 spiro atoms. The van der Waals surface area contributed by atoms with Crippen LogP contribution in [0, 0.1) is 0 Å². The number of nitrogens with zero attached hydrogens (tertiary/aromatic N) is 5. The molecule has 0 radical (unpaired) electrons. The number of hydrogen-bond donors (Lipinski definition) is 3. The second-order valence-electron chi connectivity index (χ2n) is 9.71. The first-order valence-corrected chi connectivity index (χ1v) is 13.1. The van der Waals surface area contributed by atoms with Crippen LogP contribution in [0.3, 0.4) is 0 Å². The Morgan fingerprint density at radius 1 is 1.06 bits per heavy atom. The van der Waals surface area contributed by atoms with Gasteiger partial charge in [-0.25, -0.2) is 0 Å². The smallest absolute Gasteiger partial charge is 0.226 e. The molecule has 0 amide bonds. The Balaban J connectivity index is 1.24. The summed E-state index contributed by atoms with van der Waals surface area (Å²) < 4.78 is 0. The van der Waals surface area contributed by atoms with E-state index in [1.165, 1.54) is 58.3 Å². The van der Waals surface area contributed by atoms with E-state index in [1.54, 1.807) is 0 Å². The lowest BCUT2D eigenvalue weighted by Crippen LogP contribution is -2.50. The maximum Gasteiger partial charge on any atom is 0.226 e. The number of carbonyl (C=O) groups is 1. The summed E-state index contributed by atoms with van der Waals surface area (Å²) in [6.45, 7) is 9.64. The van der Waals surface area contributed by atoms with Gasteiger partial charge in [0.05, 0.1) is 0 Å². The van der Waals surface area contributed by atoms with Gasteiger partial charge in [0.25, 0.3) is 0 Å². The highest BCUT2D eigenvalue weighted by Gasteiger charge is 2.32. The minimum absolute atomic E-state index is 0.393. The average Bonchev–Trinajstić information content (AvgIpc) is 3.21. The minimum Gasteiger partial charge on any atom is -0.382 e. The zero-order valence-electron chi connectivity index (χ0n) is 20.3. The van der Waals surface area contributed by atoms with E-state index in [1.807, 2.05) is 4.90 Å². The molecular formula is C24H42N8O. The third kappa shape index (κ3) is 6.06. The monoisotopic (exact) mass is 458 g/mol. The Kier molecular flexibility index (Phi) is 8.61. The van der Waals surface area contributed by atoms with Crippen molar-refractivity contribution in [1.29, 1.82) is 0 Å². The first kappa shape index (κ1) is 24.0. The number of carbonyl (C=O) groups excluding carboxylic acids is 1. The van der Waals surface area contributed by atoms with Crippen molar-refractivity contribution in [3.05, 3.63) is 0 Å². The van der Waals surface area contributed by atoms with Gasteiger partial charge in [-0.2, -0.15) is 9.97 Å². The third-order valence-electron chi connectivity index (χ3n) is 7.38. The zero-order valence-corrected chi connectivity index (χ0v) is 20.3. The summed E-state index contributed by atoms with van der Waals surface area (Å²) in [4.78, 5) is 28.1. The Hall–Kier alpha value is -2.13. The molecule has 9 heteroatoms. The van der Waals surface area contributed by atoms with Crippen LogP contribution >= 0.6 is 0 Å². The number of nitrogens with one attached hydrogen (secondary N) is 2. The number of rotatable bonds is 11. The van der Waals surface area contributed by atoms with E-state index in [0.717, 1.165) is 63.5 Å². The highest BCUT2D eigenvalue weighted by atomic mass is 16.1. The molecule has 1 saturated carbocycles. The number of aromatic nitrogens is 2. The van der Waals surface area contributed by atoms with Crippen molar-refractivity contribution in [2.75, 3.05) is 67.1 Å². The molecule has 0 aromatic carbocycles. The van der Waals surface area contributed by atoms with Gasteiger partial charge in [0.2, 0.25) is 5.95 Å². The van der Waals surface area contributed by atoms with Gasteiger partial charge in [0.1, 0.15) is 5.69 Å². The van der Waals surface area contributed by atoms with Crippen LogP contribution in [0.25, 0.3) is 0 Å². The van der Waals surface area contributed by atoms with Crippen LogP contribution in [0.5, 0.6) is 0 Å². The molecule has 1 aromatic rings. The SMILES string of the molecule is CCCCNc1nc(N)c2c(n1)N(CCCCN1CCN(C3CCCCC3)CC1)C(C=O)N2. The van der Waals surface area contributed by atoms with E-state index in [2.05, 4.69) is 37.3 Å². The molecule has 33 heavy (non-hydrogen) atoms. The van der Waals surface area contributed by atoms with Crippen LogP contribution in [0.2, 0.25) is 0 Å². The van der Waals surface area contributed by atoms with Crippen molar-refractivity contribution in [3.63, 3.8) is 0 Å². The summed E-state index contributed by atoms with van der Waals surface area (Å²) in [6.07, 6.45) is 11.8. The average molecular weight is 459 g/mol. The molecule has 9 nitrogen and oxygen atoms in total. The Labute approximate surface area is 198 Å². The molecule has 184 valence electrons. The normalized spacial score (nSPS) is 22.2. The highest BCUT2D eigenvalue weighted by molar-refractivity contribution is 5.88. The van der Waals surface area contributed by atoms with Crippen molar-refractivity contribution < 1.29 is 4.79 Å². The van der Waals surface area contributed by atoms with E-state index < -0.39 is 6.17 Å². The standard InChI is InChI=1S/C24H42N8O/c1-2-3-11-26-24-28-22(25)21-23(29-24)32(20(18-33)27-21)13-8-7-12-30-14-16-31(17-15-30)19-9-5-4-6-10-19/h18-20,27H,2-17H2,1H3,(H3,25,26,28,29). The predicted molar refractivity (Wildman–Crippen MR) is 135 cm³/mol. The topological polar surface area (TPSA) is 103 Å². The number of aldehydes is 1. The van der Waals surface area contributed by atoms with Crippen molar-refractivity contribution in [2.24, 2.45) is 0 Å². The molecule has 2 aliphatic heterocycles. The van der Waals surface area contributed by atoms with Crippen LogP contribution in [0.1, 0.15) is 64.7 Å². The summed E-state index contributed by atoms with van der Waals surface area (Å²) in [5.41, 5.74) is 6.84. The third-order valence-corrected chi connectivity index (χ3v) is 7.38. The van der Waals surface area contributed by atoms with Gasteiger partial charge in [-0.05, 0) is 38.6 Å². The molecule has 3 aliphatic rings. The van der Waals surface area contributed by atoms with Crippen LogP contribution < -0.4 is 21.3 Å². The van der Waals surface area contributed by atoms with E-state index >= 15 is 0 Å². The molecule has 2 fully saturated rings. The second kappa shape index (κ2) is 11.8. The maximum atomic E-state index is 11.7. The lowest BCUT2D eigenvalue weighted by atomic mass is 9.94. The quantitative estimate of drug-likeness (QED) is 0.341. The molecule has 1 aliphatic carbocycles. The lowest BCUT2D eigenvalue weighted by Gasteiger charge is -2.40. The Morgan fingerprint density at radius 3 is 2.55 bits per heavy atom. The van der Waals surface area contributed by atoms with Gasteiger partial charge in [0, 0.05) is 45.3 Å². The molecule has 4 N–H and O–H groups in total. The van der Waals surface area contributed by atoms with Gasteiger partial charge in [-0.3, -0.25) is 9.69 Å². The van der Waals surface area contributed by atoms with E-state index in [-0.39, 0.29) is 0 Å². The largest absolute Gasteiger partial charge is 0.382 e. The fourth-order valence-electron chi connectivity index (χ4n) is 5.39. The lowest BCUT2D eigenvalue weighted by molar-refractivity contribution is -0.108. The van der Waals surface area contributed by atoms with Gasteiger partial charge in [0.15, 0.2) is 24.1 Å². The zero-order chi connectivity index (χ0) is 23.0. The van der Waals surface area contributed by atoms with Crippen molar-refractivity contribution in [1.82, 2.24) is 19.8 Å². The number of unbranched alkanes of at least 4 members (excludes halogenated alkanes) is 2. The summed E-state index contributed by atoms with van der Waals surface area (Å²) in [7, 11) is 0. The van der Waals surface area contributed by atoms with E-state index in [9.17, 15) is 4.79 Å². The highest BCUT2D eigenvalue weighted by Crippen LogP contribution is 2.37. The first-order valence-electron chi connectivity index (χ1n) is 13.1. The van der Waals surface area contributed by atoms with Gasteiger partial charge >= 0.3 is 0 Å². The molecule has 1 unspecified atom stereocenters. The molecule has 0 bridgehead atoms. The molecule has 4 rings (SSSR count).